The van der Waals surface area contributed by atoms with Crippen molar-refractivity contribution >= 4 is 52.2 Å². The molecule has 144 valence electrons. The minimum atomic E-state index is -1.06. The monoisotopic (exact) mass is 406 g/mol. The second-order valence-corrected chi connectivity index (χ2v) is 8.26. The molecule has 0 aliphatic carbocycles. The number of nitrogens with zero attached hydrogens (tertiary/aromatic N) is 1. The average molecular weight is 407 g/mol. The summed E-state index contributed by atoms with van der Waals surface area (Å²) in [6.07, 6.45) is 2.11. The van der Waals surface area contributed by atoms with Crippen LogP contribution < -0.4 is 5.32 Å². The second-order valence-electron chi connectivity index (χ2n) is 6.58. The number of amides is 2. The van der Waals surface area contributed by atoms with Gasteiger partial charge in [0.2, 0.25) is 5.91 Å². The van der Waals surface area contributed by atoms with E-state index in [0.717, 1.165) is 5.56 Å². The molecule has 1 aromatic rings. The molecule has 1 aliphatic heterocycles. The largest absolute Gasteiger partial charge is 0.480 e. The van der Waals surface area contributed by atoms with E-state index >= 15 is 0 Å². The van der Waals surface area contributed by atoms with Crippen molar-refractivity contribution in [2.45, 2.75) is 32.7 Å². The topological polar surface area (TPSA) is 86.7 Å². The number of carbonyl (C=O) groups is 3. The number of benzene rings is 1. The van der Waals surface area contributed by atoms with Gasteiger partial charge in [0, 0.05) is 13.0 Å². The molecule has 0 aromatic heterocycles. The molecule has 1 aliphatic rings. The first kappa shape index (κ1) is 21.1. The van der Waals surface area contributed by atoms with Crippen LogP contribution in [0.3, 0.4) is 0 Å². The quantitative estimate of drug-likeness (QED) is 0.510. The van der Waals surface area contributed by atoms with E-state index in [-0.39, 0.29) is 24.8 Å². The van der Waals surface area contributed by atoms with Crippen LogP contribution in [0.1, 0.15) is 32.3 Å². The van der Waals surface area contributed by atoms with Crippen molar-refractivity contribution in [2.75, 3.05) is 6.54 Å². The molecule has 1 atom stereocenters. The highest BCUT2D eigenvalue weighted by Gasteiger charge is 2.32. The summed E-state index contributed by atoms with van der Waals surface area (Å²) >= 11 is 6.45. The predicted octanol–water partition coefficient (Wildman–Crippen LogP) is 2.89. The van der Waals surface area contributed by atoms with E-state index in [1.165, 1.54) is 16.7 Å². The van der Waals surface area contributed by atoms with E-state index in [9.17, 15) is 19.5 Å². The van der Waals surface area contributed by atoms with Crippen LogP contribution in [0.25, 0.3) is 6.08 Å². The zero-order valence-corrected chi connectivity index (χ0v) is 16.8. The molecule has 1 heterocycles. The van der Waals surface area contributed by atoms with Gasteiger partial charge in [-0.3, -0.25) is 14.5 Å². The first-order valence-corrected chi connectivity index (χ1v) is 9.83. The number of carbonyl (C=O) groups excluding carboxylic acids is 2. The van der Waals surface area contributed by atoms with Gasteiger partial charge in [-0.15, -0.1) is 0 Å². The molecule has 2 amide bonds. The Kier molecular flexibility index (Phi) is 7.55. The van der Waals surface area contributed by atoms with Crippen molar-refractivity contribution in [2.24, 2.45) is 5.92 Å². The second kappa shape index (κ2) is 9.66. The van der Waals surface area contributed by atoms with Crippen LogP contribution in [-0.4, -0.2) is 44.7 Å². The highest BCUT2D eigenvalue weighted by Crippen LogP contribution is 2.32. The first-order chi connectivity index (χ1) is 12.8. The van der Waals surface area contributed by atoms with E-state index in [2.05, 4.69) is 5.32 Å². The fourth-order valence-electron chi connectivity index (χ4n) is 2.57. The van der Waals surface area contributed by atoms with Gasteiger partial charge in [-0.25, -0.2) is 4.79 Å². The number of carboxylic acid groups (broad SMARTS) is 1. The normalized spacial score (nSPS) is 16.9. The van der Waals surface area contributed by atoms with E-state index in [4.69, 9.17) is 12.2 Å². The summed E-state index contributed by atoms with van der Waals surface area (Å²) in [7, 11) is 0. The molecule has 1 aromatic carbocycles. The number of thiocarbonyl (C=S) groups is 1. The fraction of sp³-hybridized carbons (Fsp3) is 0.368. The van der Waals surface area contributed by atoms with E-state index in [1.807, 2.05) is 44.2 Å². The van der Waals surface area contributed by atoms with Gasteiger partial charge in [0.1, 0.15) is 10.4 Å². The zero-order chi connectivity index (χ0) is 20.0. The molecular weight excluding hydrogens is 384 g/mol. The number of nitrogens with one attached hydrogen (secondary N) is 1. The number of carboxylic acids is 1. The molecular formula is C19H22N2O4S2. The molecule has 2 N–H and O–H groups in total. The zero-order valence-electron chi connectivity index (χ0n) is 15.2. The Bertz CT molecular complexity index is 762. The van der Waals surface area contributed by atoms with Crippen LogP contribution in [-0.2, 0) is 14.4 Å². The highest BCUT2D eigenvalue weighted by atomic mass is 32.2. The molecule has 27 heavy (non-hydrogen) atoms. The summed E-state index contributed by atoms with van der Waals surface area (Å²) in [6, 6.07) is 8.51. The van der Waals surface area contributed by atoms with Gasteiger partial charge >= 0.3 is 5.97 Å². The number of hydrogen-bond donors (Lipinski definition) is 2. The number of thioether (sulfide) groups is 1. The maximum absolute atomic E-state index is 12.5. The summed E-state index contributed by atoms with van der Waals surface area (Å²) in [5, 5.41) is 11.7. The molecule has 8 heteroatoms. The van der Waals surface area contributed by atoms with E-state index < -0.39 is 17.9 Å². The minimum Gasteiger partial charge on any atom is -0.480 e. The van der Waals surface area contributed by atoms with E-state index in [1.54, 1.807) is 6.08 Å². The molecule has 1 fully saturated rings. The highest BCUT2D eigenvalue weighted by molar-refractivity contribution is 8.26. The summed E-state index contributed by atoms with van der Waals surface area (Å²) in [5.41, 5.74) is 0.897. The third-order valence-electron chi connectivity index (χ3n) is 3.87. The van der Waals surface area contributed by atoms with Gasteiger partial charge in [0.15, 0.2) is 0 Å². The first-order valence-electron chi connectivity index (χ1n) is 8.60. The Hall–Kier alpha value is -2.19. The Morgan fingerprint density at radius 1 is 1.30 bits per heavy atom. The van der Waals surface area contributed by atoms with Gasteiger partial charge in [-0.1, -0.05) is 68.2 Å². The standard InChI is InChI=1S/C19H22N2O4S2/c1-12(2)10-14(18(24)25)20-16(22)8-9-21-17(23)15(27-19(21)26)11-13-6-4-3-5-7-13/h3-7,11-12,14H,8-10H2,1-2H3,(H,20,22)(H,24,25)/b15-11-. The van der Waals surface area contributed by atoms with Crippen LogP contribution in [0, 0.1) is 5.92 Å². The molecule has 2 rings (SSSR count). The lowest BCUT2D eigenvalue weighted by atomic mass is 10.0. The minimum absolute atomic E-state index is 0.00701. The van der Waals surface area contributed by atoms with E-state index in [0.29, 0.717) is 15.6 Å². The average Bonchev–Trinajstić information content (AvgIpc) is 2.86. The van der Waals surface area contributed by atoms with Crippen molar-refractivity contribution < 1.29 is 19.5 Å². The van der Waals surface area contributed by atoms with Crippen LogP contribution in [0.2, 0.25) is 0 Å². The lowest BCUT2D eigenvalue weighted by molar-refractivity contribution is -0.142. The molecule has 0 radical (unpaired) electrons. The SMILES string of the molecule is CC(C)CC(NC(=O)CCN1C(=O)/C(=C/c2ccccc2)SC1=S)C(=O)O. The summed E-state index contributed by atoms with van der Waals surface area (Å²) in [5.74, 6) is -1.57. The Balaban J connectivity index is 1.94. The van der Waals surface area contributed by atoms with Gasteiger partial charge in [0.05, 0.1) is 4.91 Å². The third-order valence-corrected chi connectivity index (χ3v) is 5.25. The summed E-state index contributed by atoms with van der Waals surface area (Å²) in [4.78, 5) is 37.8. The van der Waals surface area contributed by atoms with Crippen molar-refractivity contribution in [1.29, 1.82) is 0 Å². The van der Waals surface area contributed by atoms with Crippen LogP contribution in [0.4, 0.5) is 0 Å². The number of rotatable bonds is 8. The Morgan fingerprint density at radius 3 is 2.56 bits per heavy atom. The molecule has 0 bridgehead atoms. The maximum atomic E-state index is 12.5. The van der Waals surface area contributed by atoms with Crippen molar-refractivity contribution in [3.05, 3.63) is 40.8 Å². The predicted molar refractivity (Wildman–Crippen MR) is 110 cm³/mol. The van der Waals surface area contributed by atoms with Crippen molar-refractivity contribution in [1.82, 2.24) is 10.2 Å². The molecule has 1 saturated heterocycles. The molecule has 0 spiro atoms. The fourth-order valence-corrected chi connectivity index (χ4v) is 3.87. The van der Waals surface area contributed by atoms with Crippen LogP contribution in [0.5, 0.6) is 0 Å². The lowest BCUT2D eigenvalue weighted by Gasteiger charge is -2.18. The maximum Gasteiger partial charge on any atom is 0.326 e. The Morgan fingerprint density at radius 2 is 1.96 bits per heavy atom. The van der Waals surface area contributed by atoms with Gasteiger partial charge in [-0.05, 0) is 24.0 Å². The molecule has 1 unspecified atom stereocenters. The smallest absolute Gasteiger partial charge is 0.326 e. The van der Waals surface area contributed by atoms with Gasteiger partial charge < -0.3 is 10.4 Å². The number of hydrogen-bond acceptors (Lipinski definition) is 5. The van der Waals surface area contributed by atoms with Crippen LogP contribution in [0.15, 0.2) is 35.2 Å². The number of aliphatic carboxylic acids is 1. The Labute approximate surface area is 168 Å². The molecule has 6 nitrogen and oxygen atoms in total. The third kappa shape index (κ3) is 6.18. The molecule has 0 saturated carbocycles. The van der Waals surface area contributed by atoms with Gasteiger partial charge in [-0.2, -0.15) is 0 Å². The van der Waals surface area contributed by atoms with Crippen LogP contribution >= 0.6 is 24.0 Å². The summed E-state index contributed by atoms with van der Waals surface area (Å²) in [6.45, 7) is 3.90. The van der Waals surface area contributed by atoms with Crippen molar-refractivity contribution in [3.63, 3.8) is 0 Å². The van der Waals surface area contributed by atoms with Crippen molar-refractivity contribution in [3.8, 4) is 0 Å². The van der Waals surface area contributed by atoms with Gasteiger partial charge in [0.25, 0.3) is 5.91 Å². The summed E-state index contributed by atoms with van der Waals surface area (Å²) < 4.78 is 0.395. The lowest BCUT2D eigenvalue weighted by Crippen LogP contribution is -2.43.